The lowest BCUT2D eigenvalue weighted by molar-refractivity contribution is -0.130. The van der Waals surface area contributed by atoms with Crippen molar-refractivity contribution < 1.29 is 14.3 Å². The van der Waals surface area contributed by atoms with E-state index in [4.69, 9.17) is 9.47 Å². The summed E-state index contributed by atoms with van der Waals surface area (Å²) in [4.78, 5) is 16.2. The summed E-state index contributed by atoms with van der Waals surface area (Å²) in [6.45, 7) is 4.23. The molecule has 0 atom stereocenters. The van der Waals surface area contributed by atoms with Crippen LogP contribution in [0.15, 0.2) is 28.9 Å². The van der Waals surface area contributed by atoms with Gasteiger partial charge in [-0.05, 0) is 48.1 Å². The van der Waals surface area contributed by atoms with E-state index in [2.05, 4.69) is 18.8 Å². The Labute approximate surface area is 124 Å². The number of carbonyl (C=O) groups is 1. The van der Waals surface area contributed by atoms with Crippen molar-refractivity contribution >= 4 is 17.9 Å². The SMILES string of the molecule is COc1ccc(/C=C2/N=C(C3CC3)OC2=O)cc1C(C)C. The smallest absolute Gasteiger partial charge is 0.363 e. The molecule has 3 rings (SSSR count). The molecule has 0 radical (unpaired) electrons. The highest BCUT2D eigenvalue weighted by Crippen LogP contribution is 2.35. The molecule has 0 amide bonds. The summed E-state index contributed by atoms with van der Waals surface area (Å²) in [5.41, 5.74) is 2.44. The number of ether oxygens (including phenoxy) is 2. The summed E-state index contributed by atoms with van der Waals surface area (Å²) < 4.78 is 10.6. The Bertz CT molecular complexity index is 639. The predicted octanol–water partition coefficient (Wildman–Crippen LogP) is 3.52. The number of benzene rings is 1. The van der Waals surface area contributed by atoms with Gasteiger partial charge in [-0.15, -0.1) is 0 Å². The summed E-state index contributed by atoms with van der Waals surface area (Å²) in [6.07, 6.45) is 3.92. The van der Waals surface area contributed by atoms with Gasteiger partial charge in [0.15, 0.2) is 5.70 Å². The van der Waals surface area contributed by atoms with Crippen molar-refractivity contribution in [1.29, 1.82) is 0 Å². The summed E-state index contributed by atoms with van der Waals surface area (Å²) in [6, 6.07) is 5.89. The maximum atomic E-state index is 11.8. The normalized spacial score (nSPS) is 19.9. The fourth-order valence-electron chi connectivity index (χ4n) is 2.38. The second kappa shape index (κ2) is 5.35. The van der Waals surface area contributed by atoms with E-state index in [-0.39, 0.29) is 5.97 Å². The molecule has 4 heteroatoms. The summed E-state index contributed by atoms with van der Waals surface area (Å²) in [7, 11) is 1.67. The van der Waals surface area contributed by atoms with E-state index >= 15 is 0 Å². The highest BCUT2D eigenvalue weighted by molar-refractivity contribution is 6.08. The number of aliphatic imine (C=N–C) groups is 1. The van der Waals surface area contributed by atoms with Crippen LogP contribution in [0.2, 0.25) is 0 Å². The number of hydrogen-bond acceptors (Lipinski definition) is 4. The highest BCUT2D eigenvalue weighted by atomic mass is 16.6. The maximum Gasteiger partial charge on any atom is 0.363 e. The Morgan fingerprint density at radius 1 is 1.38 bits per heavy atom. The van der Waals surface area contributed by atoms with Gasteiger partial charge in [0.25, 0.3) is 0 Å². The average molecular weight is 285 g/mol. The number of hydrogen-bond donors (Lipinski definition) is 0. The van der Waals surface area contributed by atoms with Crippen molar-refractivity contribution in [2.75, 3.05) is 7.11 Å². The maximum absolute atomic E-state index is 11.8. The van der Waals surface area contributed by atoms with E-state index in [1.54, 1.807) is 13.2 Å². The Morgan fingerprint density at radius 3 is 2.76 bits per heavy atom. The molecule has 1 fully saturated rings. The Morgan fingerprint density at radius 2 is 2.14 bits per heavy atom. The largest absolute Gasteiger partial charge is 0.496 e. The van der Waals surface area contributed by atoms with Crippen LogP contribution in [-0.4, -0.2) is 19.0 Å². The van der Waals surface area contributed by atoms with Crippen molar-refractivity contribution in [2.24, 2.45) is 10.9 Å². The van der Waals surface area contributed by atoms with Gasteiger partial charge < -0.3 is 9.47 Å². The van der Waals surface area contributed by atoms with Crippen LogP contribution in [0.4, 0.5) is 0 Å². The van der Waals surface area contributed by atoms with Gasteiger partial charge in [0.1, 0.15) is 5.75 Å². The van der Waals surface area contributed by atoms with Crippen molar-refractivity contribution in [3.8, 4) is 5.75 Å². The Kier molecular flexibility index (Phi) is 3.53. The van der Waals surface area contributed by atoms with Crippen LogP contribution < -0.4 is 4.74 Å². The summed E-state index contributed by atoms with van der Waals surface area (Å²) in [5.74, 6) is 1.80. The molecule has 1 aromatic carbocycles. The number of carbonyl (C=O) groups excluding carboxylic acids is 1. The minimum Gasteiger partial charge on any atom is -0.496 e. The zero-order valence-corrected chi connectivity index (χ0v) is 12.6. The minimum atomic E-state index is -0.348. The molecular formula is C17H19NO3. The second-order valence-corrected chi connectivity index (χ2v) is 5.80. The zero-order chi connectivity index (χ0) is 15.0. The highest BCUT2D eigenvalue weighted by Gasteiger charge is 2.35. The molecule has 21 heavy (non-hydrogen) atoms. The monoisotopic (exact) mass is 285 g/mol. The van der Waals surface area contributed by atoms with Gasteiger partial charge in [-0.2, -0.15) is 0 Å². The first kappa shape index (κ1) is 13.9. The third-order valence-corrected chi connectivity index (χ3v) is 3.74. The lowest BCUT2D eigenvalue weighted by Gasteiger charge is -2.12. The molecular weight excluding hydrogens is 266 g/mol. The molecule has 0 N–H and O–H groups in total. The summed E-state index contributed by atoms with van der Waals surface area (Å²) >= 11 is 0. The first-order chi connectivity index (χ1) is 10.1. The molecule has 1 heterocycles. The number of nitrogens with zero attached hydrogens (tertiary/aromatic N) is 1. The van der Waals surface area contributed by atoms with Crippen LogP contribution in [-0.2, 0) is 9.53 Å². The topological polar surface area (TPSA) is 47.9 Å². The van der Waals surface area contributed by atoms with Gasteiger partial charge in [-0.1, -0.05) is 19.9 Å². The van der Waals surface area contributed by atoms with E-state index in [0.717, 1.165) is 29.7 Å². The van der Waals surface area contributed by atoms with Gasteiger partial charge in [-0.3, -0.25) is 0 Å². The van der Waals surface area contributed by atoms with Crippen molar-refractivity contribution in [3.63, 3.8) is 0 Å². The Balaban J connectivity index is 1.92. The molecule has 0 saturated heterocycles. The van der Waals surface area contributed by atoms with Crippen LogP contribution in [0, 0.1) is 5.92 Å². The average Bonchev–Trinajstić information content (AvgIpc) is 3.25. The number of rotatable bonds is 4. The number of methoxy groups -OCH3 is 1. The molecule has 1 aliphatic heterocycles. The van der Waals surface area contributed by atoms with Crippen LogP contribution >= 0.6 is 0 Å². The molecule has 0 spiro atoms. The fourth-order valence-corrected chi connectivity index (χ4v) is 2.38. The van der Waals surface area contributed by atoms with Gasteiger partial charge in [0, 0.05) is 5.92 Å². The van der Waals surface area contributed by atoms with E-state index in [0.29, 0.717) is 23.4 Å². The van der Waals surface area contributed by atoms with Crippen LogP contribution in [0.5, 0.6) is 5.75 Å². The molecule has 1 aliphatic carbocycles. The lowest BCUT2D eigenvalue weighted by atomic mass is 9.99. The van der Waals surface area contributed by atoms with Crippen molar-refractivity contribution in [3.05, 3.63) is 35.0 Å². The van der Waals surface area contributed by atoms with Gasteiger partial charge in [0.05, 0.1) is 7.11 Å². The van der Waals surface area contributed by atoms with Gasteiger partial charge in [-0.25, -0.2) is 9.79 Å². The third kappa shape index (κ3) is 2.84. The molecule has 0 unspecified atom stereocenters. The summed E-state index contributed by atoms with van der Waals surface area (Å²) in [5, 5.41) is 0. The predicted molar refractivity (Wildman–Crippen MR) is 81.3 cm³/mol. The van der Waals surface area contributed by atoms with E-state index in [1.165, 1.54) is 0 Å². The van der Waals surface area contributed by atoms with Gasteiger partial charge >= 0.3 is 5.97 Å². The van der Waals surface area contributed by atoms with Crippen LogP contribution in [0.25, 0.3) is 6.08 Å². The van der Waals surface area contributed by atoms with Crippen molar-refractivity contribution in [1.82, 2.24) is 0 Å². The molecule has 0 aromatic heterocycles. The molecule has 4 nitrogen and oxygen atoms in total. The van der Waals surface area contributed by atoms with Crippen LogP contribution in [0.1, 0.15) is 43.7 Å². The van der Waals surface area contributed by atoms with E-state index in [9.17, 15) is 4.79 Å². The fraction of sp³-hybridized carbons (Fsp3) is 0.412. The molecule has 1 aromatic rings. The lowest BCUT2D eigenvalue weighted by Crippen LogP contribution is -2.05. The van der Waals surface area contributed by atoms with E-state index < -0.39 is 0 Å². The molecule has 0 bridgehead atoms. The molecule has 1 saturated carbocycles. The standard InChI is InChI=1S/C17H19NO3/c1-10(2)13-8-11(4-7-15(13)20-3)9-14-17(19)21-16(18-14)12-5-6-12/h4,7-10,12H,5-6H2,1-3H3/b14-9+. The van der Waals surface area contributed by atoms with Crippen LogP contribution in [0.3, 0.4) is 0 Å². The quantitative estimate of drug-likeness (QED) is 0.628. The first-order valence-corrected chi connectivity index (χ1v) is 7.29. The van der Waals surface area contributed by atoms with Crippen molar-refractivity contribution in [2.45, 2.75) is 32.6 Å². The van der Waals surface area contributed by atoms with Gasteiger partial charge in [0.2, 0.25) is 5.90 Å². The van der Waals surface area contributed by atoms with E-state index in [1.807, 2.05) is 18.2 Å². The first-order valence-electron chi connectivity index (χ1n) is 7.29. The molecule has 2 aliphatic rings. The number of cyclic esters (lactones) is 1. The minimum absolute atomic E-state index is 0.347. The molecule has 110 valence electrons. The zero-order valence-electron chi connectivity index (χ0n) is 12.6. The second-order valence-electron chi connectivity index (χ2n) is 5.80. The Hall–Kier alpha value is -2.10. The number of esters is 1. The third-order valence-electron chi connectivity index (χ3n) is 3.74.